The number of hydrogen-bond acceptors (Lipinski definition) is 6. The molecule has 0 spiro atoms. The molecule has 7 nitrogen and oxygen atoms in total. The maximum absolute atomic E-state index is 14.6. The van der Waals surface area contributed by atoms with E-state index in [1.807, 2.05) is 0 Å². The van der Waals surface area contributed by atoms with Crippen molar-refractivity contribution in [1.29, 1.82) is 0 Å². The molecule has 0 amide bonds. The molecular weight excluding hydrogens is 392 g/mol. The molecule has 3 aromatic heterocycles. The molecule has 0 fully saturated rings. The van der Waals surface area contributed by atoms with Crippen LogP contribution in [0.1, 0.15) is 17.0 Å². The third-order valence-electron chi connectivity index (χ3n) is 5.53. The summed E-state index contributed by atoms with van der Waals surface area (Å²) in [7, 11) is 0. The van der Waals surface area contributed by atoms with Crippen LogP contribution >= 0.6 is 0 Å². The van der Waals surface area contributed by atoms with E-state index in [1.54, 1.807) is 16.5 Å². The van der Waals surface area contributed by atoms with Gasteiger partial charge in [0.05, 0.1) is 24.7 Å². The van der Waals surface area contributed by atoms with Crippen molar-refractivity contribution in [3.8, 4) is 22.8 Å². The summed E-state index contributed by atoms with van der Waals surface area (Å²) < 4.78 is 42.6. The molecule has 6 rings (SSSR count). The van der Waals surface area contributed by atoms with E-state index in [0.29, 0.717) is 40.7 Å². The molecule has 150 valence electrons. The Balaban J connectivity index is 1.54. The van der Waals surface area contributed by atoms with Crippen LogP contribution < -0.4 is 14.8 Å². The van der Waals surface area contributed by atoms with Gasteiger partial charge in [0.2, 0.25) is 0 Å². The highest BCUT2D eigenvalue weighted by Crippen LogP contribution is 2.41. The lowest BCUT2D eigenvalue weighted by atomic mass is 9.96. The maximum Gasteiger partial charge on any atom is 0.172 e. The number of benzene rings is 1. The lowest BCUT2D eigenvalue weighted by Gasteiger charge is -2.16. The molecule has 30 heavy (non-hydrogen) atoms. The summed E-state index contributed by atoms with van der Waals surface area (Å²) in [5, 5.41) is 11.4. The Morgan fingerprint density at radius 2 is 1.93 bits per heavy atom. The maximum atomic E-state index is 14.6. The van der Waals surface area contributed by atoms with E-state index in [4.69, 9.17) is 9.47 Å². The highest BCUT2D eigenvalue weighted by Gasteiger charge is 2.31. The molecular formula is C21H15F2N5O2. The van der Waals surface area contributed by atoms with Crippen LogP contribution in [0.5, 0.6) is 11.5 Å². The summed E-state index contributed by atoms with van der Waals surface area (Å²) >= 11 is 0. The minimum atomic E-state index is -0.471. The quantitative estimate of drug-likeness (QED) is 0.520. The Hall–Kier alpha value is -3.75. The van der Waals surface area contributed by atoms with Gasteiger partial charge in [-0.05, 0) is 30.3 Å². The summed E-state index contributed by atoms with van der Waals surface area (Å²) in [6.45, 7) is 0.934. The van der Waals surface area contributed by atoms with Gasteiger partial charge in [0.25, 0.3) is 0 Å². The van der Waals surface area contributed by atoms with Gasteiger partial charge in [-0.25, -0.2) is 8.78 Å². The molecule has 1 atom stereocenters. The number of ether oxygens (including phenoxy) is 2. The van der Waals surface area contributed by atoms with E-state index >= 15 is 0 Å². The number of anilines is 1. The minimum Gasteiger partial charge on any atom is -0.493 e. The van der Waals surface area contributed by atoms with Crippen LogP contribution in [-0.4, -0.2) is 32.8 Å². The first kappa shape index (κ1) is 17.1. The van der Waals surface area contributed by atoms with Crippen molar-refractivity contribution in [3.05, 3.63) is 65.6 Å². The highest BCUT2D eigenvalue weighted by molar-refractivity contribution is 5.80. The molecule has 1 aromatic carbocycles. The fraction of sp³-hybridized carbons (Fsp3) is 0.190. The summed E-state index contributed by atoms with van der Waals surface area (Å²) in [6, 6.07) is 7.63. The molecule has 9 heteroatoms. The van der Waals surface area contributed by atoms with Crippen molar-refractivity contribution in [1.82, 2.24) is 19.6 Å². The Morgan fingerprint density at radius 3 is 2.80 bits per heavy atom. The fourth-order valence-electron chi connectivity index (χ4n) is 4.14. The Kier molecular flexibility index (Phi) is 3.64. The first-order chi connectivity index (χ1) is 14.7. The molecule has 0 saturated heterocycles. The summed E-state index contributed by atoms with van der Waals surface area (Å²) in [5.41, 5.74) is 2.40. The first-order valence-electron chi connectivity index (χ1n) is 9.49. The number of rotatable bonds is 1. The average molecular weight is 407 g/mol. The van der Waals surface area contributed by atoms with Crippen LogP contribution in [0.4, 0.5) is 14.6 Å². The zero-order valence-corrected chi connectivity index (χ0v) is 15.6. The molecule has 0 radical (unpaired) electrons. The largest absolute Gasteiger partial charge is 0.493 e. The van der Waals surface area contributed by atoms with Crippen molar-refractivity contribution >= 4 is 11.5 Å². The Morgan fingerprint density at radius 1 is 1.07 bits per heavy atom. The number of pyridine rings is 2. The monoisotopic (exact) mass is 407 g/mol. The number of aromatic nitrogens is 4. The average Bonchev–Trinajstić information content (AvgIpc) is 3.40. The summed E-state index contributed by atoms with van der Waals surface area (Å²) in [6.07, 6.45) is 3.02. The van der Waals surface area contributed by atoms with Crippen LogP contribution in [0.3, 0.4) is 0 Å². The number of hydrogen-bond donors (Lipinski definition) is 1. The minimum absolute atomic E-state index is 0.106. The van der Waals surface area contributed by atoms with Gasteiger partial charge in [0, 0.05) is 23.9 Å². The molecule has 0 saturated carbocycles. The van der Waals surface area contributed by atoms with Crippen LogP contribution in [0.2, 0.25) is 0 Å². The highest BCUT2D eigenvalue weighted by atomic mass is 19.1. The van der Waals surface area contributed by atoms with Gasteiger partial charge in [-0.2, -0.15) is 0 Å². The molecule has 2 aliphatic rings. The third kappa shape index (κ3) is 2.44. The Bertz CT molecular complexity index is 1310. The van der Waals surface area contributed by atoms with Crippen molar-refractivity contribution in [3.63, 3.8) is 0 Å². The van der Waals surface area contributed by atoms with Gasteiger partial charge in [-0.1, -0.05) is 0 Å². The fourth-order valence-corrected chi connectivity index (χ4v) is 4.14. The number of fused-ring (bicyclic) bond motifs is 3. The normalized spacial score (nSPS) is 17.1. The molecule has 2 aliphatic heterocycles. The van der Waals surface area contributed by atoms with Gasteiger partial charge in [-0.15, -0.1) is 10.2 Å². The number of halogens is 2. The van der Waals surface area contributed by atoms with Crippen LogP contribution in [0, 0.1) is 11.6 Å². The SMILES string of the molecule is Fc1cccnc1-c1cc2c(n3cnnc13)NCc1c(F)ccc3c1[C@H](CO3)CO2. The molecule has 1 N–H and O–H groups in total. The topological polar surface area (TPSA) is 73.6 Å². The van der Waals surface area contributed by atoms with E-state index in [2.05, 4.69) is 20.5 Å². The van der Waals surface area contributed by atoms with Gasteiger partial charge >= 0.3 is 0 Å². The number of nitrogens with one attached hydrogen (secondary N) is 1. The third-order valence-corrected chi connectivity index (χ3v) is 5.53. The second-order valence-electron chi connectivity index (χ2n) is 7.24. The Labute approximate surface area is 169 Å². The van der Waals surface area contributed by atoms with E-state index in [1.165, 1.54) is 30.7 Å². The summed E-state index contributed by atoms with van der Waals surface area (Å²) in [4.78, 5) is 4.17. The lowest BCUT2D eigenvalue weighted by Crippen LogP contribution is -2.13. The van der Waals surface area contributed by atoms with Gasteiger partial charge in [0.15, 0.2) is 17.2 Å². The molecule has 5 heterocycles. The van der Waals surface area contributed by atoms with Crippen LogP contribution in [0.15, 0.2) is 42.9 Å². The lowest BCUT2D eigenvalue weighted by molar-refractivity contribution is 0.249. The zero-order valence-electron chi connectivity index (χ0n) is 15.6. The standard InChI is InChI=1S/C21H15F2N5O2/c22-14-3-4-16-18-11(8-29-16)9-30-17-6-12(19-15(23)2-1-5-24-19)20-27-26-10-28(20)21(17)25-7-13(14)18/h1-6,10-11,25H,7-9H2/t11-/m1/s1. The van der Waals surface area contributed by atoms with Crippen molar-refractivity contribution in [2.45, 2.75) is 12.5 Å². The second-order valence-corrected chi connectivity index (χ2v) is 7.24. The second kappa shape index (κ2) is 6.38. The van der Waals surface area contributed by atoms with Gasteiger partial charge < -0.3 is 14.8 Å². The predicted molar refractivity (Wildman–Crippen MR) is 104 cm³/mol. The van der Waals surface area contributed by atoms with E-state index in [9.17, 15) is 8.78 Å². The predicted octanol–water partition coefficient (Wildman–Crippen LogP) is 3.55. The van der Waals surface area contributed by atoms with Crippen LogP contribution in [-0.2, 0) is 6.54 Å². The zero-order chi connectivity index (χ0) is 20.2. The number of nitrogens with zero attached hydrogens (tertiary/aromatic N) is 4. The van der Waals surface area contributed by atoms with Gasteiger partial charge in [0.1, 0.15) is 29.4 Å². The molecule has 0 unspecified atom stereocenters. The van der Waals surface area contributed by atoms with E-state index in [0.717, 1.165) is 5.56 Å². The molecule has 0 aliphatic carbocycles. The van der Waals surface area contributed by atoms with Crippen molar-refractivity contribution in [2.75, 3.05) is 18.5 Å². The first-order valence-corrected chi connectivity index (χ1v) is 9.49. The smallest absolute Gasteiger partial charge is 0.172 e. The van der Waals surface area contributed by atoms with E-state index in [-0.39, 0.29) is 30.6 Å². The van der Waals surface area contributed by atoms with Crippen molar-refractivity contribution in [2.24, 2.45) is 0 Å². The van der Waals surface area contributed by atoms with Crippen LogP contribution in [0.25, 0.3) is 16.9 Å². The summed E-state index contributed by atoms with van der Waals surface area (Å²) in [5.74, 6) is 0.842. The van der Waals surface area contributed by atoms with Gasteiger partial charge in [-0.3, -0.25) is 9.38 Å². The molecule has 4 aromatic rings. The van der Waals surface area contributed by atoms with Crippen molar-refractivity contribution < 1.29 is 18.3 Å². The molecule has 0 bridgehead atoms. The van der Waals surface area contributed by atoms with E-state index < -0.39 is 5.82 Å².